The zero-order valence-corrected chi connectivity index (χ0v) is 20.5. The van der Waals surface area contributed by atoms with Crippen LogP contribution in [0.1, 0.15) is 45.2 Å². The third-order valence-corrected chi connectivity index (χ3v) is 7.69. The van der Waals surface area contributed by atoms with Crippen molar-refractivity contribution in [3.63, 3.8) is 0 Å². The Bertz CT molecular complexity index is 1460. The van der Waals surface area contributed by atoms with E-state index in [4.69, 9.17) is 4.74 Å². The minimum atomic E-state index is -1.02. The molecule has 6 heteroatoms. The minimum Gasteiger partial charge on any atom is -0.497 e. The summed E-state index contributed by atoms with van der Waals surface area (Å²) in [7, 11) is 1.67. The van der Waals surface area contributed by atoms with Crippen LogP contribution in [-0.2, 0) is 17.6 Å². The first-order valence-electron chi connectivity index (χ1n) is 12.4. The molecule has 0 bridgehead atoms. The molecule has 1 aromatic heterocycles. The summed E-state index contributed by atoms with van der Waals surface area (Å²) in [6, 6.07) is 23.3. The molecule has 1 fully saturated rings. The second-order valence-corrected chi connectivity index (χ2v) is 9.96. The zero-order valence-electron chi connectivity index (χ0n) is 20.5. The van der Waals surface area contributed by atoms with Crippen molar-refractivity contribution in [3.05, 3.63) is 101 Å². The van der Waals surface area contributed by atoms with Gasteiger partial charge < -0.3 is 19.9 Å². The summed E-state index contributed by atoms with van der Waals surface area (Å²) in [6.07, 6.45) is 1.72. The SMILES string of the molecule is COc1ccc2[nH]c3c(c2c1)CCN1C(=O)[C@](Cc2ccccc2)(NC(=O)c2ccc(C)cc2)C[C@@H]31. The van der Waals surface area contributed by atoms with Gasteiger partial charge in [-0.05, 0) is 54.8 Å². The Labute approximate surface area is 210 Å². The quantitative estimate of drug-likeness (QED) is 0.435. The van der Waals surface area contributed by atoms with E-state index >= 15 is 0 Å². The monoisotopic (exact) mass is 479 g/mol. The lowest BCUT2D eigenvalue weighted by Crippen LogP contribution is -2.55. The Morgan fingerprint density at radius 1 is 1.11 bits per heavy atom. The summed E-state index contributed by atoms with van der Waals surface area (Å²) in [6.45, 7) is 2.61. The van der Waals surface area contributed by atoms with E-state index < -0.39 is 5.54 Å². The van der Waals surface area contributed by atoms with E-state index in [1.54, 1.807) is 7.11 Å². The van der Waals surface area contributed by atoms with Gasteiger partial charge in [0.25, 0.3) is 5.91 Å². The van der Waals surface area contributed by atoms with E-state index in [0.717, 1.165) is 39.9 Å². The second-order valence-electron chi connectivity index (χ2n) is 9.96. The number of benzene rings is 3. The molecule has 3 aromatic carbocycles. The first-order chi connectivity index (χ1) is 17.5. The molecule has 1 saturated heterocycles. The maximum absolute atomic E-state index is 14.1. The van der Waals surface area contributed by atoms with Crippen LogP contribution in [0.2, 0.25) is 0 Å². The third-order valence-electron chi connectivity index (χ3n) is 7.69. The van der Waals surface area contributed by atoms with Gasteiger partial charge in [-0.3, -0.25) is 9.59 Å². The zero-order chi connectivity index (χ0) is 24.9. The smallest absolute Gasteiger partial charge is 0.252 e. The molecule has 0 aliphatic carbocycles. The van der Waals surface area contributed by atoms with Crippen molar-refractivity contribution in [3.8, 4) is 5.75 Å². The van der Waals surface area contributed by atoms with E-state index in [1.165, 1.54) is 5.56 Å². The molecule has 0 saturated carbocycles. The van der Waals surface area contributed by atoms with Crippen molar-refractivity contribution in [1.29, 1.82) is 0 Å². The van der Waals surface area contributed by atoms with Crippen molar-refractivity contribution in [2.75, 3.05) is 13.7 Å². The maximum atomic E-state index is 14.1. The molecule has 4 aromatic rings. The van der Waals surface area contributed by atoms with Crippen LogP contribution in [0, 0.1) is 6.92 Å². The number of carbonyl (C=O) groups is 2. The highest BCUT2D eigenvalue weighted by Crippen LogP contribution is 2.46. The van der Waals surface area contributed by atoms with Gasteiger partial charge in [-0.25, -0.2) is 0 Å². The summed E-state index contributed by atoms with van der Waals surface area (Å²) < 4.78 is 5.45. The molecule has 36 heavy (non-hydrogen) atoms. The molecule has 182 valence electrons. The molecule has 2 N–H and O–H groups in total. The van der Waals surface area contributed by atoms with Gasteiger partial charge in [-0.15, -0.1) is 0 Å². The fraction of sp³-hybridized carbons (Fsp3) is 0.267. The van der Waals surface area contributed by atoms with Crippen LogP contribution in [0.3, 0.4) is 0 Å². The van der Waals surface area contributed by atoms with Crippen molar-refractivity contribution in [1.82, 2.24) is 15.2 Å². The molecule has 6 nitrogen and oxygen atoms in total. The number of hydrogen-bond acceptors (Lipinski definition) is 3. The van der Waals surface area contributed by atoms with Crippen molar-refractivity contribution in [2.45, 2.75) is 37.8 Å². The number of nitrogens with one attached hydrogen (secondary N) is 2. The topological polar surface area (TPSA) is 74.4 Å². The van der Waals surface area contributed by atoms with Crippen LogP contribution in [0.25, 0.3) is 10.9 Å². The van der Waals surface area contributed by atoms with Crippen LogP contribution in [0.15, 0.2) is 72.8 Å². The highest BCUT2D eigenvalue weighted by molar-refractivity contribution is 6.01. The third kappa shape index (κ3) is 3.65. The van der Waals surface area contributed by atoms with E-state index in [9.17, 15) is 9.59 Å². The fourth-order valence-electron chi connectivity index (χ4n) is 5.86. The van der Waals surface area contributed by atoms with Crippen molar-refractivity contribution < 1.29 is 14.3 Å². The van der Waals surface area contributed by atoms with E-state index in [-0.39, 0.29) is 17.9 Å². The standard InChI is InChI=1S/C30H29N3O3/c1-19-8-10-21(11-9-19)28(34)32-30(17-20-6-4-3-5-7-20)18-26-27-23(14-15-33(26)29(30)35)24-16-22(36-2)12-13-25(24)31-27/h3-13,16,26,31H,14-15,17-18H2,1-2H3,(H,32,34)/t26-,30+/m0/s1. The molecule has 2 atom stereocenters. The van der Waals surface area contributed by atoms with E-state index in [0.29, 0.717) is 24.9 Å². The van der Waals surface area contributed by atoms with E-state index in [1.807, 2.05) is 78.6 Å². The van der Waals surface area contributed by atoms with E-state index in [2.05, 4.69) is 16.4 Å². The number of fused-ring (bicyclic) bond motifs is 5. The van der Waals surface area contributed by atoms with Crippen LogP contribution in [-0.4, -0.2) is 40.9 Å². The second kappa shape index (κ2) is 8.55. The molecular formula is C30H29N3O3. The van der Waals surface area contributed by atoms with Gasteiger partial charge in [0.2, 0.25) is 5.91 Å². The number of amides is 2. The Balaban J connectivity index is 1.40. The first-order valence-corrected chi connectivity index (χ1v) is 12.4. The minimum absolute atomic E-state index is 0.0151. The summed E-state index contributed by atoms with van der Waals surface area (Å²) in [5.41, 5.74) is 4.99. The largest absolute Gasteiger partial charge is 0.497 e. The first kappa shape index (κ1) is 22.4. The number of methoxy groups -OCH3 is 1. The maximum Gasteiger partial charge on any atom is 0.252 e. The predicted molar refractivity (Wildman–Crippen MR) is 139 cm³/mol. The molecule has 3 heterocycles. The molecule has 0 unspecified atom stereocenters. The Morgan fingerprint density at radius 3 is 2.64 bits per heavy atom. The van der Waals surface area contributed by atoms with Gasteiger partial charge in [0.05, 0.1) is 13.2 Å². The number of nitrogens with zero attached hydrogens (tertiary/aromatic N) is 1. The number of hydrogen-bond donors (Lipinski definition) is 2. The van der Waals surface area contributed by atoms with Gasteiger partial charge in [-0.1, -0.05) is 48.0 Å². The Kier molecular flexibility index (Phi) is 5.32. The summed E-state index contributed by atoms with van der Waals surface area (Å²) in [5, 5.41) is 4.34. The predicted octanol–water partition coefficient (Wildman–Crippen LogP) is 4.73. The number of aromatic amines is 1. The number of ether oxygens (including phenoxy) is 1. The molecule has 6 rings (SSSR count). The van der Waals surface area contributed by atoms with Crippen LogP contribution in [0.4, 0.5) is 0 Å². The molecular weight excluding hydrogens is 450 g/mol. The Hall–Kier alpha value is -4.06. The number of aryl methyl sites for hydroxylation is 1. The molecule has 2 aliphatic rings. The molecule has 0 radical (unpaired) electrons. The lowest BCUT2D eigenvalue weighted by Gasteiger charge is -2.30. The molecule has 0 spiro atoms. The Morgan fingerprint density at radius 2 is 1.89 bits per heavy atom. The summed E-state index contributed by atoms with van der Waals surface area (Å²) in [4.78, 5) is 33.0. The molecule has 2 amide bonds. The number of H-pyrrole nitrogens is 1. The normalized spacial score (nSPS) is 20.8. The van der Waals surface area contributed by atoms with Gasteiger partial charge in [0.1, 0.15) is 11.3 Å². The van der Waals surface area contributed by atoms with Crippen molar-refractivity contribution >= 4 is 22.7 Å². The van der Waals surface area contributed by atoms with Gasteiger partial charge in [-0.2, -0.15) is 0 Å². The molecule has 2 aliphatic heterocycles. The lowest BCUT2D eigenvalue weighted by molar-refractivity contribution is -0.134. The van der Waals surface area contributed by atoms with Gasteiger partial charge in [0.15, 0.2) is 0 Å². The van der Waals surface area contributed by atoms with Gasteiger partial charge >= 0.3 is 0 Å². The van der Waals surface area contributed by atoms with Crippen molar-refractivity contribution in [2.24, 2.45) is 0 Å². The van der Waals surface area contributed by atoms with Crippen LogP contribution < -0.4 is 10.1 Å². The van der Waals surface area contributed by atoms with Crippen LogP contribution >= 0.6 is 0 Å². The number of carbonyl (C=O) groups excluding carboxylic acids is 2. The van der Waals surface area contributed by atoms with Crippen LogP contribution in [0.5, 0.6) is 5.75 Å². The average molecular weight is 480 g/mol. The average Bonchev–Trinajstić information content (AvgIpc) is 3.40. The highest BCUT2D eigenvalue weighted by Gasteiger charge is 2.54. The number of rotatable bonds is 5. The van der Waals surface area contributed by atoms with Gasteiger partial charge in [0, 0.05) is 41.5 Å². The number of aromatic nitrogens is 1. The highest BCUT2D eigenvalue weighted by atomic mass is 16.5. The summed E-state index contributed by atoms with van der Waals surface area (Å²) in [5.74, 6) is 0.581. The fourth-order valence-corrected chi connectivity index (χ4v) is 5.86. The summed E-state index contributed by atoms with van der Waals surface area (Å²) >= 11 is 0. The lowest BCUT2D eigenvalue weighted by atomic mass is 9.86.